The van der Waals surface area contributed by atoms with Crippen LogP contribution in [0.2, 0.25) is 0 Å². The van der Waals surface area contributed by atoms with Crippen molar-refractivity contribution in [1.29, 1.82) is 0 Å². The number of benzene rings is 12. The lowest BCUT2D eigenvalue weighted by Gasteiger charge is -2.31. The summed E-state index contributed by atoms with van der Waals surface area (Å²) in [7, 11) is 0. The van der Waals surface area contributed by atoms with Gasteiger partial charge in [-0.3, -0.25) is 0 Å². The first-order chi connectivity index (χ1) is 40.5. The van der Waals surface area contributed by atoms with Gasteiger partial charge in [0, 0.05) is 45.0 Å². The number of rotatable bonds is 8. The molecule has 396 valence electrons. The lowest BCUT2D eigenvalue weighted by molar-refractivity contribution is 0.660. The van der Waals surface area contributed by atoms with Crippen LogP contribution in [0.15, 0.2) is 267 Å². The zero-order chi connectivity index (χ0) is 55.9. The van der Waals surface area contributed by atoms with Crippen LogP contribution < -0.4 is 9.80 Å². The minimum absolute atomic E-state index is 0.233. The highest BCUT2D eigenvalue weighted by atomic mass is 15.1. The first-order valence-corrected chi connectivity index (χ1v) is 29.4. The van der Waals surface area contributed by atoms with E-state index in [1.54, 1.807) is 0 Å². The van der Waals surface area contributed by atoms with Crippen molar-refractivity contribution >= 4 is 34.1 Å². The second-order valence-corrected chi connectivity index (χ2v) is 24.6. The SMILES string of the molecule is Cc1cccc(N(c2ccccc2)c2ccc3c(c2)C(C)(C)c2cc(-c4ccc5c(c4)C4(c6ccccc6-5)c5ccccc5-c5ccc(-c6ccc7c(c6)C(C)(C)c6cc(N(c8ccccc8)c8cccc(C)c8)ccc6-7)cc54)ccc2-3)c1. The molecule has 4 aliphatic carbocycles. The normalized spacial score (nSPS) is 14.4. The van der Waals surface area contributed by atoms with E-state index in [1.165, 1.54) is 122 Å². The van der Waals surface area contributed by atoms with E-state index in [4.69, 9.17) is 0 Å². The molecule has 16 rings (SSSR count). The molecule has 0 fully saturated rings. The predicted octanol–water partition coefficient (Wildman–Crippen LogP) is 21.5. The maximum Gasteiger partial charge on any atom is 0.0725 e. The van der Waals surface area contributed by atoms with Crippen LogP contribution in [0.25, 0.3) is 66.8 Å². The Hall–Kier alpha value is -9.76. The van der Waals surface area contributed by atoms with Gasteiger partial charge in [-0.05, 0) is 233 Å². The number of aryl methyl sites for hydroxylation is 2. The summed E-state index contributed by atoms with van der Waals surface area (Å²) >= 11 is 0. The van der Waals surface area contributed by atoms with Crippen LogP contribution in [0, 0.1) is 13.8 Å². The van der Waals surface area contributed by atoms with Gasteiger partial charge in [-0.25, -0.2) is 0 Å². The summed E-state index contributed by atoms with van der Waals surface area (Å²) in [6.07, 6.45) is 0. The summed E-state index contributed by atoms with van der Waals surface area (Å²) in [6.45, 7) is 14.0. The second-order valence-electron chi connectivity index (χ2n) is 24.6. The standard InChI is InChI=1S/C81H62N2/c1-51-19-17-25-59(43-51)82(57-21-9-7-10-22-57)61-35-41-67-65-37-31-53(45-73(65)79(3,4)75(67)49-61)55-33-39-69-63-27-13-15-29-71(63)81(77(69)47-55)72-30-16-14-28-64(72)70-40-34-56(48-78(70)81)54-32-38-66-68-42-36-62(50-76(68)80(5,6)74(66)46-54)83(58-23-11-8-12-24-58)60-26-18-20-52(2)44-60/h7-50H,1-6H3. The van der Waals surface area contributed by atoms with Crippen molar-refractivity contribution in [2.24, 2.45) is 0 Å². The molecule has 83 heavy (non-hydrogen) atoms. The van der Waals surface area contributed by atoms with E-state index < -0.39 is 5.41 Å². The monoisotopic (exact) mass is 1060 g/mol. The second kappa shape index (κ2) is 18.1. The van der Waals surface area contributed by atoms with Gasteiger partial charge in [0.05, 0.1) is 5.41 Å². The third kappa shape index (κ3) is 7.22. The minimum atomic E-state index is -0.515. The summed E-state index contributed by atoms with van der Waals surface area (Å²) in [4.78, 5) is 4.79. The van der Waals surface area contributed by atoms with Crippen LogP contribution >= 0.6 is 0 Å². The highest BCUT2D eigenvalue weighted by molar-refractivity contribution is 5.98. The highest BCUT2D eigenvalue weighted by Crippen LogP contribution is 2.64. The number of hydrogen-bond acceptors (Lipinski definition) is 2. The maximum atomic E-state index is 2.55. The number of nitrogens with zero attached hydrogens (tertiary/aromatic N) is 2. The first-order valence-electron chi connectivity index (χ1n) is 29.4. The largest absolute Gasteiger partial charge is 0.310 e. The topological polar surface area (TPSA) is 6.48 Å². The Balaban J connectivity index is 0.788. The fourth-order valence-electron chi connectivity index (χ4n) is 15.2. The summed E-state index contributed by atoms with van der Waals surface area (Å²) < 4.78 is 0. The zero-order valence-corrected chi connectivity index (χ0v) is 47.8. The molecule has 2 heteroatoms. The molecule has 0 heterocycles. The summed E-state index contributed by atoms with van der Waals surface area (Å²) in [5.74, 6) is 0. The smallest absolute Gasteiger partial charge is 0.0725 e. The summed E-state index contributed by atoms with van der Waals surface area (Å²) in [5.41, 5.74) is 34.7. The van der Waals surface area contributed by atoms with Gasteiger partial charge in [-0.1, -0.05) is 198 Å². The fraction of sp³-hybridized carbons (Fsp3) is 0.111. The Labute approximate surface area is 488 Å². The Morgan fingerprint density at radius 2 is 0.506 bits per heavy atom. The molecule has 0 radical (unpaired) electrons. The van der Waals surface area contributed by atoms with Gasteiger partial charge in [0.1, 0.15) is 0 Å². The fourth-order valence-corrected chi connectivity index (χ4v) is 15.2. The molecule has 12 aromatic carbocycles. The van der Waals surface area contributed by atoms with Crippen molar-refractivity contribution in [3.05, 3.63) is 323 Å². The number of hydrogen-bond donors (Lipinski definition) is 0. The van der Waals surface area contributed by atoms with Crippen LogP contribution in [-0.4, -0.2) is 0 Å². The molecule has 4 aliphatic rings. The van der Waals surface area contributed by atoms with Crippen molar-refractivity contribution in [2.45, 2.75) is 57.8 Å². The van der Waals surface area contributed by atoms with Crippen LogP contribution in [0.1, 0.15) is 83.3 Å². The average molecular weight is 1060 g/mol. The molecule has 0 aliphatic heterocycles. The lowest BCUT2D eigenvalue weighted by Crippen LogP contribution is -2.26. The van der Waals surface area contributed by atoms with Crippen LogP contribution in [0.4, 0.5) is 34.1 Å². The molecule has 0 atom stereocenters. The third-order valence-corrected chi connectivity index (χ3v) is 19.1. The van der Waals surface area contributed by atoms with E-state index in [2.05, 4.69) is 318 Å². The van der Waals surface area contributed by atoms with E-state index in [0.717, 1.165) is 34.1 Å². The van der Waals surface area contributed by atoms with Gasteiger partial charge in [-0.15, -0.1) is 0 Å². The van der Waals surface area contributed by atoms with Gasteiger partial charge in [0.2, 0.25) is 0 Å². The highest BCUT2D eigenvalue weighted by Gasteiger charge is 2.52. The quantitative estimate of drug-likeness (QED) is 0.150. The Kier molecular flexibility index (Phi) is 10.7. The minimum Gasteiger partial charge on any atom is -0.310 e. The molecule has 0 saturated carbocycles. The molecule has 12 aromatic rings. The molecule has 0 saturated heterocycles. The lowest BCUT2D eigenvalue weighted by atomic mass is 9.70. The van der Waals surface area contributed by atoms with Gasteiger partial charge in [0.25, 0.3) is 0 Å². The Morgan fingerprint density at radius 1 is 0.217 bits per heavy atom. The summed E-state index contributed by atoms with van der Waals surface area (Å²) in [5, 5.41) is 0. The van der Waals surface area contributed by atoms with E-state index in [1.807, 2.05) is 0 Å². The molecule has 0 amide bonds. The van der Waals surface area contributed by atoms with E-state index >= 15 is 0 Å². The number of para-hydroxylation sites is 2. The van der Waals surface area contributed by atoms with Crippen LogP contribution in [0.3, 0.4) is 0 Å². The maximum absolute atomic E-state index is 2.55. The summed E-state index contributed by atoms with van der Waals surface area (Å²) in [6, 6.07) is 101. The molecule has 0 aromatic heterocycles. The van der Waals surface area contributed by atoms with E-state index in [-0.39, 0.29) is 10.8 Å². The van der Waals surface area contributed by atoms with Crippen molar-refractivity contribution in [3.8, 4) is 66.8 Å². The molecule has 2 nitrogen and oxygen atoms in total. The van der Waals surface area contributed by atoms with Gasteiger partial charge >= 0.3 is 0 Å². The predicted molar refractivity (Wildman–Crippen MR) is 348 cm³/mol. The third-order valence-electron chi connectivity index (χ3n) is 19.1. The van der Waals surface area contributed by atoms with Gasteiger partial charge < -0.3 is 9.80 Å². The van der Waals surface area contributed by atoms with Crippen molar-refractivity contribution < 1.29 is 0 Å². The van der Waals surface area contributed by atoms with Crippen molar-refractivity contribution in [1.82, 2.24) is 0 Å². The molecule has 1 spiro atoms. The first kappa shape index (κ1) is 49.1. The molecule has 0 N–H and O–H groups in total. The van der Waals surface area contributed by atoms with Gasteiger partial charge in [0.15, 0.2) is 0 Å². The van der Waals surface area contributed by atoms with E-state index in [0.29, 0.717) is 0 Å². The Bertz CT molecular complexity index is 4360. The van der Waals surface area contributed by atoms with Crippen molar-refractivity contribution in [2.75, 3.05) is 9.80 Å². The van der Waals surface area contributed by atoms with Gasteiger partial charge in [-0.2, -0.15) is 0 Å². The molecular weight excluding hydrogens is 1000 g/mol. The Morgan fingerprint density at radius 3 is 0.892 bits per heavy atom. The van der Waals surface area contributed by atoms with Crippen molar-refractivity contribution in [3.63, 3.8) is 0 Å². The van der Waals surface area contributed by atoms with Crippen LogP contribution in [-0.2, 0) is 16.2 Å². The molecule has 0 bridgehead atoms. The number of anilines is 6. The molecule has 0 unspecified atom stereocenters. The van der Waals surface area contributed by atoms with Crippen LogP contribution in [0.5, 0.6) is 0 Å². The average Bonchev–Trinajstić information content (AvgIpc) is 2.85. The van der Waals surface area contributed by atoms with E-state index in [9.17, 15) is 0 Å². The zero-order valence-electron chi connectivity index (χ0n) is 47.8. The number of fused-ring (bicyclic) bond motifs is 16. The molecular formula is C81H62N2.